The molecule has 1 aliphatic rings. The van der Waals surface area contributed by atoms with E-state index < -0.39 is 16.9 Å². The molecule has 0 unspecified atom stereocenters. The highest BCUT2D eigenvalue weighted by molar-refractivity contribution is 7.07. The number of nitrogens with zero attached hydrogens (tertiary/aromatic N) is 3. The molecule has 1 aromatic heterocycles. The van der Waals surface area contributed by atoms with Crippen molar-refractivity contribution >= 4 is 40.7 Å². The number of esters is 1. The molecule has 3 aromatic carbocycles. The van der Waals surface area contributed by atoms with Crippen LogP contribution in [0.2, 0.25) is 5.02 Å². The maximum atomic E-state index is 14.2. The summed E-state index contributed by atoms with van der Waals surface area (Å²) in [5.74, 6) is 0.850. The Hall–Kier alpha value is -4.94. The highest BCUT2D eigenvalue weighted by Gasteiger charge is 2.36. The summed E-state index contributed by atoms with van der Waals surface area (Å²) >= 11 is 7.65. The number of aromatic nitrogens is 1. The molecule has 11 nitrogen and oxygen atoms in total. The quantitative estimate of drug-likeness (QED) is 0.0930. The van der Waals surface area contributed by atoms with Gasteiger partial charge >= 0.3 is 5.97 Å². The van der Waals surface area contributed by atoms with E-state index in [9.17, 15) is 19.7 Å². The Morgan fingerprint density at radius 1 is 1.02 bits per heavy atom. The van der Waals surface area contributed by atoms with Crippen molar-refractivity contribution < 1.29 is 28.7 Å². The average molecular weight is 692 g/mol. The molecule has 0 radical (unpaired) electrons. The van der Waals surface area contributed by atoms with E-state index in [1.54, 1.807) is 61.5 Å². The molecule has 13 heteroatoms. The van der Waals surface area contributed by atoms with E-state index in [0.29, 0.717) is 67.9 Å². The van der Waals surface area contributed by atoms with Crippen LogP contribution in [0.3, 0.4) is 0 Å². The third kappa shape index (κ3) is 7.29. The zero-order chi connectivity index (χ0) is 34.4. The minimum atomic E-state index is -0.883. The zero-order valence-corrected chi connectivity index (χ0v) is 28.4. The second kappa shape index (κ2) is 15.3. The van der Waals surface area contributed by atoms with Crippen LogP contribution in [0.15, 0.2) is 81.7 Å². The number of halogens is 1. The molecule has 1 atom stereocenters. The average Bonchev–Trinajstić information content (AvgIpc) is 3.38. The van der Waals surface area contributed by atoms with Gasteiger partial charge in [-0.3, -0.25) is 19.5 Å². The van der Waals surface area contributed by atoms with Crippen LogP contribution in [0.5, 0.6) is 17.2 Å². The molecule has 0 amide bonds. The predicted molar refractivity (Wildman–Crippen MR) is 183 cm³/mol. The predicted octanol–water partition coefficient (Wildman–Crippen LogP) is 6.13. The van der Waals surface area contributed by atoms with Gasteiger partial charge in [0, 0.05) is 22.7 Å². The number of non-ortho nitro benzene ring substituents is 1. The third-order valence-corrected chi connectivity index (χ3v) is 8.70. The van der Waals surface area contributed by atoms with Gasteiger partial charge in [-0.1, -0.05) is 42.3 Å². The summed E-state index contributed by atoms with van der Waals surface area (Å²) < 4.78 is 24.9. The lowest BCUT2D eigenvalue weighted by molar-refractivity contribution is -0.384. The molecular weight excluding hydrogens is 658 g/mol. The van der Waals surface area contributed by atoms with Gasteiger partial charge in [0.1, 0.15) is 18.4 Å². The normalized spacial score (nSPS) is 14.3. The van der Waals surface area contributed by atoms with Gasteiger partial charge < -0.3 is 18.9 Å². The van der Waals surface area contributed by atoms with Gasteiger partial charge in [-0.2, -0.15) is 0 Å². The summed E-state index contributed by atoms with van der Waals surface area (Å²) in [5.41, 5.74) is 2.44. The van der Waals surface area contributed by atoms with Crippen LogP contribution >= 0.6 is 22.9 Å². The van der Waals surface area contributed by atoms with Gasteiger partial charge in [0.05, 0.1) is 41.0 Å². The second-order valence-corrected chi connectivity index (χ2v) is 12.1. The maximum absolute atomic E-state index is 14.2. The number of allylic oxidation sites excluding steroid dienone is 1. The summed E-state index contributed by atoms with van der Waals surface area (Å²) in [6.45, 7) is 6.27. The van der Waals surface area contributed by atoms with Crippen LogP contribution in [-0.4, -0.2) is 35.8 Å². The first-order valence-electron chi connectivity index (χ1n) is 15.4. The van der Waals surface area contributed by atoms with E-state index in [-0.39, 0.29) is 30.0 Å². The smallest absolute Gasteiger partial charge is 0.338 e. The molecule has 0 N–H and O–H groups in total. The summed E-state index contributed by atoms with van der Waals surface area (Å²) in [5, 5.41) is 11.4. The van der Waals surface area contributed by atoms with Gasteiger partial charge in [0.2, 0.25) is 0 Å². The van der Waals surface area contributed by atoms with Gasteiger partial charge in [0.25, 0.3) is 11.2 Å². The van der Waals surface area contributed by atoms with Crippen molar-refractivity contribution in [2.75, 3.05) is 20.3 Å². The van der Waals surface area contributed by atoms with E-state index in [1.165, 1.54) is 35.1 Å². The van der Waals surface area contributed by atoms with Crippen molar-refractivity contribution in [3.05, 3.63) is 123 Å². The summed E-state index contributed by atoms with van der Waals surface area (Å²) in [7, 11) is 1.52. The molecule has 0 saturated carbocycles. The monoisotopic (exact) mass is 691 g/mol. The van der Waals surface area contributed by atoms with E-state index in [0.717, 1.165) is 5.56 Å². The van der Waals surface area contributed by atoms with Gasteiger partial charge in [-0.15, -0.1) is 0 Å². The Balaban J connectivity index is 1.59. The van der Waals surface area contributed by atoms with Crippen molar-refractivity contribution in [2.24, 2.45) is 4.99 Å². The molecule has 1 aliphatic heterocycles. The molecule has 0 aliphatic carbocycles. The first-order chi connectivity index (χ1) is 23.2. The molecule has 5 rings (SSSR count). The molecule has 4 aromatic rings. The lowest BCUT2D eigenvalue weighted by Crippen LogP contribution is -2.40. The van der Waals surface area contributed by atoms with Crippen LogP contribution in [-0.2, 0) is 16.1 Å². The number of hydrogen-bond donors (Lipinski definition) is 0. The van der Waals surface area contributed by atoms with Crippen molar-refractivity contribution in [3.8, 4) is 17.2 Å². The molecular formula is C35H34ClN3O8S. The lowest BCUT2D eigenvalue weighted by atomic mass is 9.93. The number of carbonyl (C=O) groups is 1. The lowest BCUT2D eigenvalue weighted by Gasteiger charge is -2.27. The van der Waals surface area contributed by atoms with E-state index in [4.69, 9.17) is 35.5 Å². The molecule has 0 bridgehead atoms. The van der Waals surface area contributed by atoms with Crippen LogP contribution in [0.1, 0.15) is 56.3 Å². The number of hydrogen-bond acceptors (Lipinski definition) is 10. The summed E-state index contributed by atoms with van der Waals surface area (Å²) in [4.78, 5) is 43.5. The van der Waals surface area contributed by atoms with Crippen molar-refractivity contribution in [1.82, 2.24) is 4.57 Å². The van der Waals surface area contributed by atoms with Crippen LogP contribution in [0.25, 0.3) is 6.08 Å². The standard InChI is InChI=1S/C35H34ClN3O8S/c1-5-8-26-31(34(41)46-7-3)32(25-19-23(36)12-16-27(25)44-4)38-33(40)30(48-35(38)37-26)18-22-11-15-28(29(17-22)45-6-2)47-20-21-9-13-24(14-10-21)39(42)43/h9-19,32H,5-8,20H2,1-4H3/b30-18+/t32-/m0/s1. The molecule has 0 saturated heterocycles. The van der Waals surface area contributed by atoms with Crippen LogP contribution < -0.4 is 29.1 Å². The first kappa shape index (κ1) is 34.4. The van der Waals surface area contributed by atoms with Crippen LogP contribution in [0.4, 0.5) is 5.69 Å². The van der Waals surface area contributed by atoms with Gasteiger partial charge in [-0.25, -0.2) is 9.79 Å². The number of carbonyl (C=O) groups excluding carboxylic acids is 1. The fraction of sp³-hybridized carbons (Fsp3) is 0.286. The van der Waals surface area contributed by atoms with E-state index in [2.05, 4.69) is 0 Å². The van der Waals surface area contributed by atoms with Crippen molar-refractivity contribution in [1.29, 1.82) is 0 Å². The zero-order valence-electron chi connectivity index (χ0n) is 26.9. The Morgan fingerprint density at radius 3 is 2.44 bits per heavy atom. The highest BCUT2D eigenvalue weighted by Crippen LogP contribution is 2.38. The van der Waals surface area contributed by atoms with E-state index in [1.807, 2.05) is 13.8 Å². The van der Waals surface area contributed by atoms with Crippen LogP contribution in [0, 0.1) is 10.1 Å². The van der Waals surface area contributed by atoms with E-state index >= 15 is 0 Å². The summed E-state index contributed by atoms with van der Waals surface area (Å²) in [6.07, 6.45) is 2.96. The third-order valence-electron chi connectivity index (χ3n) is 7.49. The SMILES string of the molecule is CCCC1=C(C(=O)OCC)[C@H](c2cc(Cl)ccc2OC)n2c(s/c(=C/c3ccc(OCc4ccc([N+](=O)[O-])cc4)c(OCC)c3)c2=O)=N1. The first-order valence-corrected chi connectivity index (χ1v) is 16.6. The number of nitro groups is 1. The van der Waals surface area contributed by atoms with Crippen molar-refractivity contribution in [2.45, 2.75) is 46.3 Å². The molecule has 0 fully saturated rings. The largest absolute Gasteiger partial charge is 0.496 e. The minimum absolute atomic E-state index is 0.000109. The Morgan fingerprint density at radius 2 is 1.77 bits per heavy atom. The highest BCUT2D eigenvalue weighted by atomic mass is 35.5. The fourth-order valence-electron chi connectivity index (χ4n) is 5.36. The summed E-state index contributed by atoms with van der Waals surface area (Å²) in [6, 6.07) is 15.6. The number of thiazole rings is 1. The maximum Gasteiger partial charge on any atom is 0.338 e. The number of nitro benzene ring substituents is 1. The molecule has 2 heterocycles. The number of benzene rings is 3. The minimum Gasteiger partial charge on any atom is -0.496 e. The van der Waals surface area contributed by atoms with Gasteiger partial charge in [-0.05, 0) is 79.9 Å². The molecule has 250 valence electrons. The molecule has 0 spiro atoms. The number of ether oxygens (including phenoxy) is 4. The number of methoxy groups -OCH3 is 1. The molecule has 48 heavy (non-hydrogen) atoms. The topological polar surface area (TPSA) is 131 Å². The van der Waals surface area contributed by atoms with Gasteiger partial charge in [0.15, 0.2) is 16.3 Å². The Kier molecular flexibility index (Phi) is 11.0. The number of fused-ring (bicyclic) bond motifs is 1. The second-order valence-electron chi connectivity index (χ2n) is 10.7. The van der Waals surface area contributed by atoms with Crippen molar-refractivity contribution in [3.63, 3.8) is 0 Å². The number of rotatable bonds is 13. The fourth-order valence-corrected chi connectivity index (χ4v) is 6.56. The Labute approximate surface area is 285 Å². The Bertz CT molecular complexity index is 2050.